The fourth-order valence-electron chi connectivity index (χ4n) is 2.39. The molecule has 0 saturated heterocycles. The Morgan fingerprint density at radius 2 is 1.78 bits per heavy atom. The van der Waals surface area contributed by atoms with Crippen molar-refractivity contribution in [2.24, 2.45) is 0 Å². The summed E-state index contributed by atoms with van der Waals surface area (Å²) in [6.45, 7) is 0. The van der Waals surface area contributed by atoms with Crippen LogP contribution in [0.1, 0.15) is 17.7 Å². The lowest BCUT2D eigenvalue weighted by atomic mass is 10.2. The van der Waals surface area contributed by atoms with Crippen LogP contribution >= 0.6 is 0 Å². The number of fused-ring (bicyclic) bond motifs is 1. The van der Waals surface area contributed by atoms with E-state index in [1.165, 1.54) is 0 Å². The van der Waals surface area contributed by atoms with Crippen LogP contribution < -0.4 is 5.73 Å². The SMILES string of the molecule is Nc1nn(-c2c(F)cc(F)cc2F)c2c1CCC2. The van der Waals surface area contributed by atoms with Gasteiger partial charge in [0.1, 0.15) is 17.3 Å². The minimum absolute atomic E-state index is 0.283. The average molecular weight is 253 g/mol. The number of nitrogens with zero attached hydrogens (tertiary/aromatic N) is 2. The van der Waals surface area contributed by atoms with Crippen molar-refractivity contribution in [2.45, 2.75) is 19.3 Å². The summed E-state index contributed by atoms with van der Waals surface area (Å²) in [6.07, 6.45) is 2.29. The maximum atomic E-state index is 13.7. The van der Waals surface area contributed by atoms with Gasteiger partial charge in [0.2, 0.25) is 0 Å². The van der Waals surface area contributed by atoms with Gasteiger partial charge < -0.3 is 5.73 Å². The lowest BCUT2D eigenvalue weighted by Gasteiger charge is -2.08. The molecule has 1 aliphatic rings. The molecule has 3 nitrogen and oxygen atoms in total. The highest BCUT2D eigenvalue weighted by atomic mass is 19.1. The van der Waals surface area contributed by atoms with Gasteiger partial charge in [-0.3, -0.25) is 0 Å². The molecule has 0 radical (unpaired) electrons. The lowest BCUT2D eigenvalue weighted by molar-refractivity contribution is 0.525. The Hall–Kier alpha value is -1.98. The van der Waals surface area contributed by atoms with Gasteiger partial charge in [-0.2, -0.15) is 0 Å². The lowest BCUT2D eigenvalue weighted by Crippen LogP contribution is -2.07. The van der Waals surface area contributed by atoms with Gasteiger partial charge in [0, 0.05) is 23.4 Å². The van der Waals surface area contributed by atoms with Gasteiger partial charge in [-0.05, 0) is 19.3 Å². The Labute approximate surface area is 101 Å². The summed E-state index contributed by atoms with van der Waals surface area (Å²) < 4.78 is 41.4. The Balaban J connectivity index is 2.25. The summed E-state index contributed by atoms with van der Waals surface area (Å²) in [6, 6.07) is 1.27. The van der Waals surface area contributed by atoms with Gasteiger partial charge in [-0.15, -0.1) is 5.10 Å². The third-order valence-electron chi connectivity index (χ3n) is 3.15. The molecule has 0 bridgehead atoms. The molecule has 18 heavy (non-hydrogen) atoms. The molecule has 0 fully saturated rings. The van der Waals surface area contributed by atoms with Crippen molar-refractivity contribution in [3.63, 3.8) is 0 Å². The minimum Gasteiger partial charge on any atom is -0.382 e. The predicted octanol–water partition coefficient (Wildman–Crippen LogP) is 2.36. The van der Waals surface area contributed by atoms with E-state index in [1.807, 2.05) is 0 Å². The molecule has 3 rings (SSSR count). The zero-order chi connectivity index (χ0) is 12.9. The molecule has 94 valence electrons. The number of hydrogen-bond donors (Lipinski definition) is 1. The van der Waals surface area contributed by atoms with Gasteiger partial charge >= 0.3 is 0 Å². The van der Waals surface area contributed by atoms with E-state index in [-0.39, 0.29) is 11.5 Å². The van der Waals surface area contributed by atoms with Crippen LogP contribution in [0.4, 0.5) is 19.0 Å². The van der Waals surface area contributed by atoms with Gasteiger partial charge in [-0.1, -0.05) is 0 Å². The summed E-state index contributed by atoms with van der Waals surface area (Å²) in [4.78, 5) is 0. The largest absolute Gasteiger partial charge is 0.382 e. The minimum atomic E-state index is -0.982. The second-order valence-electron chi connectivity index (χ2n) is 4.29. The second kappa shape index (κ2) is 3.76. The Kier molecular flexibility index (Phi) is 2.33. The summed E-state index contributed by atoms with van der Waals surface area (Å²) in [5, 5.41) is 3.95. The molecule has 0 amide bonds. The molecule has 0 unspecified atom stereocenters. The number of halogens is 3. The van der Waals surface area contributed by atoms with Crippen LogP contribution in [-0.4, -0.2) is 9.78 Å². The smallest absolute Gasteiger partial charge is 0.154 e. The van der Waals surface area contributed by atoms with Crippen molar-refractivity contribution in [3.05, 3.63) is 40.8 Å². The van der Waals surface area contributed by atoms with Gasteiger partial charge in [0.25, 0.3) is 0 Å². The van der Waals surface area contributed by atoms with Crippen LogP contribution in [0.5, 0.6) is 0 Å². The number of anilines is 1. The number of nitrogens with two attached hydrogens (primary N) is 1. The average Bonchev–Trinajstić information content (AvgIpc) is 2.83. The molecule has 0 atom stereocenters. The van der Waals surface area contributed by atoms with Crippen LogP contribution in [0, 0.1) is 17.5 Å². The van der Waals surface area contributed by atoms with Crippen LogP contribution in [0.3, 0.4) is 0 Å². The molecule has 1 aromatic carbocycles. The van der Waals surface area contributed by atoms with Crippen molar-refractivity contribution < 1.29 is 13.2 Å². The highest BCUT2D eigenvalue weighted by molar-refractivity contribution is 5.49. The zero-order valence-electron chi connectivity index (χ0n) is 9.38. The highest BCUT2D eigenvalue weighted by Crippen LogP contribution is 2.30. The first kappa shape index (κ1) is 11.1. The van der Waals surface area contributed by atoms with Crippen molar-refractivity contribution in [3.8, 4) is 5.69 Å². The fraction of sp³-hybridized carbons (Fsp3) is 0.250. The first-order valence-corrected chi connectivity index (χ1v) is 5.59. The van der Waals surface area contributed by atoms with Gasteiger partial charge in [0.15, 0.2) is 11.6 Å². The quantitative estimate of drug-likeness (QED) is 0.847. The highest BCUT2D eigenvalue weighted by Gasteiger charge is 2.25. The van der Waals surface area contributed by atoms with Crippen LogP contribution in [0.15, 0.2) is 12.1 Å². The predicted molar refractivity (Wildman–Crippen MR) is 59.9 cm³/mol. The summed E-state index contributed by atoms with van der Waals surface area (Å²) in [5.41, 5.74) is 6.88. The molecular formula is C12H10F3N3. The molecule has 6 heteroatoms. The molecule has 2 aromatic rings. The molecule has 2 N–H and O–H groups in total. The van der Waals surface area contributed by atoms with Gasteiger partial charge in [0.05, 0.1) is 0 Å². The van der Waals surface area contributed by atoms with E-state index in [4.69, 9.17) is 5.73 Å². The Bertz CT molecular complexity index is 611. The van der Waals surface area contributed by atoms with E-state index in [9.17, 15) is 13.2 Å². The van der Waals surface area contributed by atoms with E-state index in [0.29, 0.717) is 24.2 Å². The summed E-state index contributed by atoms with van der Waals surface area (Å²) >= 11 is 0. The molecular weight excluding hydrogens is 243 g/mol. The molecule has 0 aliphatic heterocycles. The number of nitrogen functional groups attached to an aromatic ring is 1. The third-order valence-corrected chi connectivity index (χ3v) is 3.15. The topological polar surface area (TPSA) is 43.8 Å². The van der Waals surface area contributed by atoms with Crippen LogP contribution in [0.2, 0.25) is 0 Å². The maximum absolute atomic E-state index is 13.7. The third kappa shape index (κ3) is 1.48. The normalized spacial score (nSPS) is 13.9. The Morgan fingerprint density at radius 1 is 1.11 bits per heavy atom. The van der Waals surface area contributed by atoms with E-state index in [2.05, 4.69) is 5.10 Å². The van der Waals surface area contributed by atoms with E-state index in [1.54, 1.807) is 0 Å². The maximum Gasteiger partial charge on any atom is 0.154 e. The molecule has 1 aliphatic carbocycles. The van der Waals surface area contributed by atoms with Crippen LogP contribution in [-0.2, 0) is 12.8 Å². The number of hydrogen-bond acceptors (Lipinski definition) is 2. The fourth-order valence-corrected chi connectivity index (χ4v) is 2.39. The molecule has 1 heterocycles. The monoisotopic (exact) mass is 253 g/mol. The summed E-state index contributed by atoms with van der Waals surface area (Å²) in [7, 11) is 0. The first-order valence-electron chi connectivity index (χ1n) is 5.59. The number of rotatable bonds is 1. The van der Waals surface area contributed by atoms with Crippen molar-refractivity contribution in [1.29, 1.82) is 0 Å². The van der Waals surface area contributed by atoms with Gasteiger partial charge in [-0.25, -0.2) is 17.9 Å². The van der Waals surface area contributed by atoms with Crippen molar-refractivity contribution >= 4 is 5.82 Å². The molecule has 0 saturated carbocycles. The second-order valence-corrected chi connectivity index (χ2v) is 4.29. The zero-order valence-corrected chi connectivity index (χ0v) is 9.38. The summed E-state index contributed by atoms with van der Waals surface area (Å²) in [5.74, 6) is -2.63. The Morgan fingerprint density at radius 3 is 2.44 bits per heavy atom. The standard InChI is InChI=1S/C12H10F3N3/c13-6-4-8(14)11(9(15)5-6)18-10-3-1-2-7(10)12(16)17-18/h4-5H,1-3H2,(H2,16,17). The van der Waals surface area contributed by atoms with Crippen LogP contribution in [0.25, 0.3) is 5.69 Å². The number of benzene rings is 1. The molecule has 1 aromatic heterocycles. The van der Waals surface area contributed by atoms with Crippen molar-refractivity contribution in [2.75, 3.05) is 5.73 Å². The van der Waals surface area contributed by atoms with Crippen molar-refractivity contribution in [1.82, 2.24) is 9.78 Å². The van der Waals surface area contributed by atoms with E-state index < -0.39 is 17.5 Å². The number of aromatic nitrogens is 2. The molecule has 0 spiro atoms. The van der Waals surface area contributed by atoms with E-state index >= 15 is 0 Å². The van der Waals surface area contributed by atoms with E-state index in [0.717, 1.165) is 23.1 Å². The first-order chi connectivity index (χ1) is 8.58.